The van der Waals surface area contributed by atoms with Gasteiger partial charge < -0.3 is 10.0 Å². The first-order valence-electron chi connectivity index (χ1n) is 6.62. The van der Waals surface area contributed by atoms with Crippen LogP contribution >= 0.6 is 0 Å². The lowest BCUT2D eigenvalue weighted by Gasteiger charge is -2.33. The summed E-state index contributed by atoms with van der Waals surface area (Å²) in [7, 11) is 0. The summed E-state index contributed by atoms with van der Waals surface area (Å²) in [5, 5.41) is 8.92. The number of carbonyl (C=O) groups is 2. The monoisotopic (exact) mass is 239 g/mol. The van der Waals surface area contributed by atoms with E-state index in [1.807, 2.05) is 0 Å². The van der Waals surface area contributed by atoms with Crippen molar-refractivity contribution in [2.45, 2.75) is 57.9 Å². The molecule has 0 spiro atoms. The van der Waals surface area contributed by atoms with Crippen molar-refractivity contribution >= 4 is 11.9 Å². The molecule has 0 aromatic heterocycles. The van der Waals surface area contributed by atoms with Crippen molar-refractivity contribution in [1.82, 2.24) is 4.90 Å². The van der Waals surface area contributed by atoms with Gasteiger partial charge in [-0.1, -0.05) is 19.8 Å². The summed E-state index contributed by atoms with van der Waals surface area (Å²) >= 11 is 0. The van der Waals surface area contributed by atoms with Crippen LogP contribution in [-0.2, 0) is 9.59 Å². The maximum absolute atomic E-state index is 12.6. The summed E-state index contributed by atoms with van der Waals surface area (Å²) in [5.74, 6) is -0.795. The van der Waals surface area contributed by atoms with Crippen molar-refractivity contribution in [2.24, 2.45) is 5.41 Å². The Hall–Kier alpha value is -1.06. The predicted octanol–water partition coefficient (Wildman–Crippen LogP) is 2.03. The van der Waals surface area contributed by atoms with E-state index >= 15 is 0 Å². The van der Waals surface area contributed by atoms with Crippen molar-refractivity contribution in [3.8, 4) is 0 Å². The lowest BCUT2D eigenvalue weighted by molar-refractivity contribution is -0.150. The Balaban J connectivity index is 2.11. The Labute approximate surface area is 102 Å². The maximum Gasteiger partial charge on any atom is 0.323 e. The third-order valence-corrected chi connectivity index (χ3v) is 4.25. The van der Waals surface area contributed by atoms with Gasteiger partial charge in [-0.3, -0.25) is 9.59 Å². The number of carbonyl (C=O) groups excluding carboxylic acids is 1. The molecule has 0 aliphatic heterocycles. The molecule has 0 unspecified atom stereocenters. The number of aliphatic carboxylic acids is 1. The van der Waals surface area contributed by atoms with Crippen LogP contribution in [0.4, 0.5) is 0 Å². The first-order chi connectivity index (χ1) is 8.09. The molecule has 0 aromatic carbocycles. The second-order valence-electron chi connectivity index (χ2n) is 5.40. The Morgan fingerprint density at radius 1 is 1.29 bits per heavy atom. The van der Waals surface area contributed by atoms with Gasteiger partial charge in [0.05, 0.1) is 0 Å². The summed E-state index contributed by atoms with van der Waals surface area (Å²) < 4.78 is 0. The topological polar surface area (TPSA) is 57.6 Å². The zero-order valence-corrected chi connectivity index (χ0v) is 10.4. The van der Waals surface area contributed by atoms with E-state index in [0.717, 1.165) is 44.9 Å². The van der Waals surface area contributed by atoms with Gasteiger partial charge in [0.15, 0.2) is 0 Å². The molecule has 2 rings (SSSR count). The van der Waals surface area contributed by atoms with E-state index < -0.39 is 5.97 Å². The lowest BCUT2D eigenvalue weighted by Crippen LogP contribution is -2.46. The molecule has 2 aliphatic carbocycles. The fraction of sp³-hybridized carbons (Fsp3) is 0.846. The molecule has 0 aromatic rings. The van der Waals surface area contributed by atoms with E-state index in [2.05, 4.69) is 6.92 Å². The van der Waals surface area contributed by atoms with E-state index in [1.165, 1.54) is 0 Å². The molecule has 4 nitrogen and oxygen atoms in total. The van der Waals surface area contributed by atoms with E-state index in [-0.39, 0.29) is 23.9 Å². The molecule has 0 bridgehead atoms. The number of hydrogen-bond donors (Lipinski definition) is 1. The Morgan fingerprint density at radius 2 is 1.88 bits per heavy atom. The second kappa shape index (κ2) is 4.67. The molecular weight excluding hydrogens is 218 g/mol. The molecule has 17 heavy (non-hydrogen) atoms. The Bertz CT molecular complexity index is 317. The largest absolute Gasteiger partial charge is 0.480 e. The third-order valence-electron chi connectivity index (χ3n) is 4.25. The molecule has 0 heterocycles. The fourth-order valence-electron chi connectivity index (χ4n) is 2.97. The highest BCUT2D eigenvalue weighted by atomic mass is 16.4. The molecule has 2 saturated carbocycles. The summed E-state index contributed by atoms with van der Waals surface area (Å²) in [6, 6.07) is 0.197. The Kier molecular flexibility index (Phi) is 3.40. The molecule has 96 valence electrons. The summed E-state index contributed by atoms with van der Waals surface area (Å²) in [6.07, 6.45) is 6.86. The van der Waals surface area contributed by atoms with Gasteiger partial charge in [-0.2, -0.15) is 0 Å². The average molecular weight is 239 g/mol. The van der Waals surface area contributed by atoms with Crippen LogP contribution in [0, 0.1) is 5.41 Å². The number of amides is 1. The standard InChI is InChI=1S/C13H21NO3/c1-2-13(7-3-4-8-13)12(17)14(9-11(15)16)10-5-6-10/h10H,2-9H2,1H3,(H,15,16). The second-order valence-corrected chi connectivity index (χ2v) is 5.40. The number of rotatable bonds is 5. The predicted molar refractivity (Wildman–Crippen MR) is 63.6 cm³/mol. The minimum absolute atomic E-state index is 0.0994. The number of carboxylic acids is 1. The van der Waals surface area contributed by atoms with Gasteiger partial charge in [0, 0.05) is 11.5 Å². The highest BCUT2D eigenvalue weighted by molar-refractivity contribution is 5.86. The van der Waals surface area contributed by atoms with Crippen LogP contribution in [0.1, 0.15) is 51.9 Å². The molecule has 1 N–H and O–H groups in total. The number of carboxylic acid groups (broad SMARTS) is 1. The van der Waals surface area contributed by atoms with E-state index in [4.69, 9.17) is 5.11 Å². The van der Waals surface area contributed by atoms with Gasteiger partial charge in [-0.25, -0.2) is 0 Å². The third kappa shape index (κ3) is 2.45. The molecule has 0 atom stereocenters. The molecule has 1 amide bonds. The van der Waals surface area contributed by atoms with Gasteiger partial charge in [0.2, 0.25) is 5.91 Å². The molecule has 0 radical (unpaired) electrons. The molecular formula is C13H21NO3. The van der Waals surface area contributed by atoms with Crippen molar-refractivity contribution in [3.05, 3.63) is 0 Å². The van der Waals surface area contributed by atoms with Gasteiger partial charge in [-0.15, -0.1) is 0 Å². The van der Waals surface area contributed by atoms with Crippen LogP contribution in [0.5, 0.6) is 0 Å². The van der Waals surface area contributed by atoms with Crippen LogP contribution in [0.3, 0.4) is 0 Å². The number of nitrogens with zero attached hydrogens (tertiary/aromatic N) is 1. The number of hydrogen-bond acceptors (Lipinski definition) is 2. The molecule has 2 aliphatic rings. The van der Waals surface area contributed by atoms with Crippen LogP contribution in [0.15, 0.2) is 0 Å². The van der Waals surface area contributed by atoms with Crippen LogP contribution in [0.25, 0.3) is 0 Å². The maximum atomic E-state index is 12.6. The van der Waals surface area contributed by atoms with E-state index in [0.29, 0.717) is 0 Å². The minimum atomic E-state index is -0.894. The van der Waals surface area contributed by atoms with Crippen molar-refractivity contribution in [3.63, 3.8) is 0 Å². The normalized spacial score (nSPS) is 22.4. The van der Waals surface area contributed by atoms with Gasteiger partial charge >= 0.3 is 5.97 Å². The SMILES string of the molecule is CCC1(C(=O)N(CC(=O)O)C2CC2)CCCC1. The van der Waals surface area contributed by atoms with E-state index in [1.54, 1.807) is 4.90 Å². The van der Waals surface area contributed by atoms with Gasteiger partial charge in [0.25, 0.3) is 0 Å². The van der Waals surface area contributed by atoms with Crippen LogP contribution < -0.4 is 0 Å². The molecule has 4 heteroatoms. The van der Waals surface area contributed by atoms with Crippen LogP contribution in [0.2, 0.25) is 0 Å². The summed E-state index contributed by atoms with van der Waals surface area (Å²) in [6.45, 7) is 1.93. The summed E-state index contributed by atoms with van der Waals surface area (Å²) in [4.78, 5) is 25.1. The van der Waals surface area contributed by atoms with Crippen LogP contribution in [-0.4, -0.2) is 34.5 Å². The van der Waals surface area contributed by atoms with Crippen molar-refractivity contribution < 1.29 is 14.7 Å². The van der Waals surface area contributed by atoms with Crippen molar-refractivity contribution in [1.29, 1.82) is 0 Å². The van der Waals surface area contributed by atoms with Gasteiger partial charge in [0.1, 0.15) is 6.54 Å². The minimum Gasteiger partial charge on any atom is -0.480 e. The Morgan fingerprint density at radius 3 is 2.29 bits per heavy atom. The lowest BCUT2D eigenvalue weighted by atomic mass is 9.82. The first-order valence-corrected chi connectivity index (χ1v) is 6.62. The quantitative estimate of drug-likeness (QED) is 0.798. The first kappa shape index (κ1) is 12.4. The zero-order chi connectivity index (χ0) is 12.5. The van der Waals surface area contributed by atoms with E-state index in [9.17, 15) is 9.59 Å². The highest BCUT2D eigenvalue weighted by Gasteiger charge is 2.45. The average Bonchev–Trinajstić information content (AvgIpc) is 3.02. The molecule has 0 saturated heterocycles. The highest BCUT2D eigenvalue weighted by Crippen LogP contribution is 2.44. The van der Waals surface area contributed by atoms with Crippen molar-refractivity contribution in [2.75, 3.05) is 6.54 Å². The zero-order valence-electron chi connectivity index (χ0n) is 10.4. The summed E-state index contributed by atoms with van der Waals surface area (Å²) in [5.41, 5.74) is -0.252. The fourth-order valence-corrected chi connectivity index (χ4v) is 2.97. The van der Waals surface area contributed by atoms with Gasteiger partial charge in [-0.05, 0) is 32.1 Å². The molecule has 2 fully saturated rings. The smallest absolute Gasteiger partial charge is 0.323 e.